The highest BCUT2D eigenvalue weighted by molar-refractivity contribution is 6.00. The van der Waals surface area contributed by atoms with Crippen LogP contribution in [0.3, 0.4) is 0 Å². The average Bonchev–Trinajstić information content (AvgIpc) is 2.48. The molecule has 1 saturated heterocycles. The van der Waals surface area contributed by atoms with Crippen molar-refractivity contribution in [3.63, 3.8) is 0 Å². The fourth-order valence-electron chi connectivity index (χ4n) is 2.71. The van der Waals surface area contributed by atoms with Crippen LogP contribution in [-0.4, -0.2) is 50.1 Å². The Kier molecular flexibility index (Phi) is 5.70. The van der Waals surface area contributed by atoms with E-state index in [1.54, 1.807) is 0 Å². The average molecular weight is 295 g/mol. The number of Topliss-reactive ketones (excluding diaryl/α,β-unsaturated/α-hetero) is 1. The van der Waals surface area contributed by atoms with Crippen molar-refractivity contribution in [2.75, 3.05) is 33.4 Å². The summed E-state index contributed by atoms with van der Waals surface area (Å²) in [6.07, 6.45) is 2.23. The van der Waals surface area contributed by atoms with Gasteiger partial charge in [0.05, 0.1) is 25.3 Å². The molecule has 0 saturated carbocycles. The Morgan fingerprint density at radius 1 is 1.48 bits per heavy atom. The fourth-order valence-corrected chi connectivity index (χ4v) is 2.71. The molecule has 0 amide bonds. The zero-order chi connectivity index (χ0) is 15.2. The van der Waals surface area contributed by atoms with Gasteiger partial charge < -0.3 is 9.47 Å². The van der Waals surface area contributed by atoms with E-state index in [9.17, 15) is 9.18 Å². The standard InChI is InChI=1S/C16H22FNO3/c1-3-21-13-5-4-8-18(10-13)11-15(19)14-9-12(17)6-7-16(14)20-2/h6-7,9,13H,3-5,8,10-11H2,1-2H3. The molecular weight excluding hydrogens is 273 g/mol. The molecule has 1 aliphatic heterocycles. The lowest BCUT2D eigenvalue weighted by Crippen LogP contribution is -2.42. The third-order valence-corrected chi connectivity index (χ3v) is 3.69. The SMILES string of the molecule is CCOC1CCCN(CC(=O)c2cc(F)ccc2OC)C1. The van der Waals surface area contributed by atoms with Gasteiger partial charge in [0.1, 0.15) is 11.6 Å². The molecule has 1 atom stereocenters. The van der Waals surface area contributed by atoms with E-state index >= 15 is 0 Å². The van der Waals surface area contributed by atoms with Crippen molar-refractivity contribution in [2.24, 2.45) is 0 Å². The Hall–Kier alpha value is -1.46. The summed E-state index contributed by atoms with van der Waals surface area (Å²) in [5.74, 6) is -0.131. The maximum atomic E-state index is 13.3. The van der Waals surface area contributed by atoms with Crippen LogP contribution >= 0.6 is 0 Å². The lowest BCUT2D eigenvalue weighted by atomic mass is 10.1. The van der Waals surface area contributed by atoms with Crippen LogP contribution in [0.1, 0.15) is 30.1 Å². The zero-order valence-corrected chi connectivity index (χ0v) is 12.6. The van der Waals surface area contributed by atoms with E-state index in [1.807, 2.05) is 6.92 Å². The largest absolute Gasteiger partial charge is 0.496 e. The van der Waals surface area contributed by atoms with Crippen molar-refractivity contribution in [2.45, 2.75) is 25.9 Å². The van der Waals surface area contributed by atoms with Crippen LogP contribution in [0.2, 0.25) is 0 Å². The van der Waals surface area contributed by atoms with Gasteiger partial charge in [-0.05, 0) is 44.5 Å². The summed E-state index contributed by atoms with van der Waals surface area (Å²) in [4.78, 5) is 14.4. The van der Waals surface area contributed by atoms with E-state index < -0.39 is 5.82 Å². The van der Waals surface area contributed by atoms with E-state index in [0.717, 1.165) is 25.9 Å². The van der Waals surface area contributed by atoms with Gasteiger partial charge in [0, 0.05) is 13.2 Å². The van der Waals surface area contributed by atoms with Crippen molar-refractivity contribution in [3.05, 3.63) is 29.6 Å². The monoisotopic (exact) mass is 295 g/mol. The van der Waals surface area contributed by atoms with Crippen LogP contribution in [0.25, 0.3) is 0 Å². The van der Waals surface area contributed by atoms with E-state index in [1.165, 1.54) is 25.3 Å². The number of ketones is 1. The Labute approximate surface area is 124 Å². The Morgan fingerprint density at radius 3 is 3.00 bits per heavy atom. The molecule has 1 unspecified atom stereocenters. The summed E-state index contributed by atoms with van der Waals surface area (Å²) in [6, 6.07) is 4.02. The molecule has 1 aromatic carbocycles. The molecule has 1 aromatic rings. The van der Waals surface area contributed by atoms with Crippen LogP contribution in [0, 0.1) is 5.82 Å². The number of nitrogens with zero attached hydrogens (tertiary/aromatic N) is 1. The predicted octanol–water partition coefficient (Wildman–Crippen LogP) is 2.52. The number of piperidine rings is 1. The van der Waals surface area contributed by atoms with Gasteiger partial charge in [0.25, 0.3) is 0 Å². The molecule has 0 N–H and O–H groups in total. The summed E-state index contributed by atoms with van der Waals surface area (Å²) in [6.45, 7) is 4.54. The molecule has 116 valence electrons. The molecule has 0 aliphatic carbocycles. The first-order valence-electron chi connectivity index (χ1n) is 7.34. The van der Waals surface area contributed by atoms with Crippen LogP contribution in [-0.2, 0) is 4.74 Å². The molecule has 4 nitrogen and oxygen atoms in total. The molecule has 0 radical (unpaired) electrons. The van der Waals surface area contributed by atoms with Crippen LogP contribution < -0.4 is 4.74 Å². The number of carbonyl (C=O) groups is 1. The molecule has 2 rings (SSSR count). The summed E-state index contributed by atoms with van der Waals surface area (Å²) in [7, 11) is 1.48. The quantitative estimate of drug-likeness (QED) is 0.756. The second-order valence-corrected chi connectivity index (χ2v) is 5.22. The van der Waals surface area contributed by atoms with Gasteiger partial charge in [-0.15, -0.1) is 0 Å². The number of rotatable bonds is 6. The van der Waals surface area contributed by atoms with E-state index in [4.69, 9.17) is 9.47 Å². The molecule has 1 aliphatic rings. The number of halogens is 1. The predicted molar refractivity (Wildman–Crippen MR) is 78.4 cm³/mol. The molecule has 1 heterocycles. The summed E-state index contributed by atoms with van der Waals surface area (Å²) in [5, 5.41) is 0. The summed E-state index contributed by atoms with van der Waals surface area (Å²) >= 11 is 0. The van der Waals surface area contributed by atoms with E-state index in [2.05, 4.69) is 4.90 Å². The lowest BCUT2D eigenvalue weighted by molar-refractivity contribution is 0.00716. The molecule has 1 fully saturated rings. The fraction of sp³-hybridized carbons (Fsp3) is 0.562. The van der Waals surface area contributed by atoms with Gasteiger partial charge in [-0.1, -0.05) is 0 Å². The first-order valence-corrected chi connectivity index (χ1v) is 7.34. The van der Waals surface area contributed by atoms with E-state index in [-0.39, 0.29) is 18.4 Å². The minimum atomic E-state index is -0.426. The first-order chi connectivity index (χ1) is 10.1. The van der Waals surface area contributed by atoms with Crippen molar-refractivity contribution in [1.82, 2.24) is 4.90 Å². The Morgan fingerprint density at radius 2 is 2.29 bits per heavy atom. The number of methoxy groups -OCH3 is 1. The topological polar surface area (TPSA) is 38.8 Å². The Bertz CT molecular complexity index is 490. The highest BCUT2D eigenvalue weighted by atomic mass is 19.1. The molecular formula is C16H22FNO3. The summed E-state index contributed by atoms with van der Waals surface area (Å²) in [5.41, 5.74) is 0.302. The zero-order valence-electron chi connectivity index (χ0n) is 12.6. The minimum absolute atomic E-state index is 0.122. The number of hydrogen-bond donors (Lipinski definition) is 0. The lowest BCUT2D eigenvalue weighted by Gasteiger charge is -2.31. The van der Waals surface area contributed by atoms with Gasteiger partial charge in [-0.25, -0.2) is 4.39 Å². The highest BCUT2D eigenvalue weighted by Gasteiger charge is 2.23. The summed E-state index contributed by atoms with van der Waals surface area (Å²) < 4.78 is 24.1. The van der Waals surface area contributed by atoms with Crippen LogP contribution in [0.15, 0.2) is 18.2 Å². The van der Waals surface area contributed by atoms with Crippen molar-refractivity contribution >= 4 is 5.78 Å². The molecule has 0 bridgehead atoms. The van der Waals surface area contributed by atoms with Crippen molar-refractivity contribution in [3.8, 4) is 5.75 Å². The van der Waals surface area contributed by atoms with E-state index in [0.29, 0.717) is 17.9 Å². The normalized spacial score (nSPS) is 19.5. The first kappa shape index (κ1) is 15.9. The van der Waals surface area contributed by atoms with Crippen LogP contribution in [0.4, 0.5) is 4.39 Å². The molecule has 5 heteroatoms. The van der Waals surface area contributed by atoms with Gasteiger partial charge in [-0.3, -0.25) is 9.69 Å². The maximum Gasteiger partial charge on any atom is 0.180 e. The third kappa shape index (κ3) is 4.25. The number of benzene rings is 1. The smallest absolute Gasteiger partial charge is 0.180 e. The molecule has 0 spiro atoms. The van der Waals surface area contributed by atoms with Gasteiger partial charge in [-0.2, -0.15) is 0 Å². The minimum Gasteiger partial charge on any atom is -0.496 e. The Balaban J connectivity index is 2.02. The second-order valence-electron chi connectivity index (χ2n) is 5.22. The molecule has 0 aromatic heterocycles. The molecule has 21 heavy (non-hydrogen) atoms. The maximum absolute atomic E-state index is 13.3. The van der Waals surface area contributed by atoms with Gasteiger partial charge >= 0.3 is 0 Å². The van der Waals surface area contributed by atoms with Gasteiger partial charge in [0.15, 0.2) is 5.78 Å². The van der Waals surface area contributed by atoms with Gasteiger partial charge in [0.2, 0.25) is 0 Å². The third-order valence-electron chi connectivity index (χ3n) is 3.69. The van der Waals surface area contributed by atoms with Crippen LogP contribution in [0.5, 0.6) is 5.75 Å². The number of ether oxygens (including phenoxy) is 2. The second kappa shape index (κ2) is 7.52. The number of hydrogen-bond acceptors (Lipinski definition) is 4. The highest BCUT2D eigenvalue weighted by Crippen LogP contribution is 2.21. The van der Waals surface area contributed by atoms with Crippen molar-refractivity contribution < 1.29 is 18.7 Å². The number of carbonyl (C=O) groups excluding carboxylic acids is 1. The van der Waals surface area contributed by atoms with Crippen molar-refractivity contribution in [1.29, 1.82) is 0 Å². The number of likely N-dealkylation sites (tertiary alicyclic amines) is 1.